The molecule has 1 aromatic rings. The molecule has 1 aliphatic rings. The van der Waals surface area contributed by atoms with Crippen LogP contribution in [0.2, 0.25) is 0 Å². The van der Waals surface area contributed by atoms with Gasteiger partial charge in [-0.25, -0.2) is 0 Å². The molecule has 0 bridgehead atoms. The Labute approximate surface area is 94.8 Å². The molecule has 16 heavy (non-hydrogen) atoms. The van der Waals surface area contributed by atoms with Crippen molar-refractivity contribution < 1.29 is 9.53 Å². The zero-order valence-electron chi connectivity index (χ0n) is 9.49. The van der Waals surface area contributed by atoms with Crippen LogP contribution in [-0.4, -0.2) is 12.0 Å². The summed E-state index contributed by atoms with van der Waals surface area (Å²) in [7, 11) is 0. The van der Waals surface area contributed by atoms with E-state index in [2.05, 4.69) is 5.32 Å². The molecule has 0 saturated heterocycles. The third-order valence-electron chi connectivity index (χ3n) is 2.66. The number of hydrogen-bond acceptors (Lipinski definition) is 3. The van der Waals surface area contributed by atoms with Gasteiger partial charge in [0.05, 0.1) is 5.69 Å². The Morgan fingerprint density at radius 1 is 1.50 bits per heavy atom. The summed E-state index contributed by atoms with van der Waals surface area (Å²) in [5, 5.41) is 2.85. The number of benzene rings is 1. The number of anilines is 1. The number of amides is 1. The fraction of sp³-hybridized carbons (Fsp3) is 0.417. The van der Waals surface area contributed by atoms with Gasteiger partial charge in [0.15, 0.2) is 6.10 Å². The van der Waals surface area contributed by atoms with Crippen LogP contribution in [0.3, 0.4) is 0 Å². The lowest BCUT2D eigenvalue weighted by atomic mass is 10.0. The van der Waals surface area contributed by atoms with Gasteiger partial charge in [-0.1, -0.05) is 19.9 Å². The molecule has 0 saturated carbocycles. The minimum Gasteiger partial charge on any atom is -0.478 e. The summed E-state index contributed by atoms with van der Waals surface area (Å²) >= 11 is 0. The van der Waals surface area contributed by atoms with Crippen LogP contribution in [0.1, 0.15) is 19.4 Å². The van der Waals surface area contributed by atoms with Crippen molar-refractivity contribution in [1.29, 1.82) is 0 Å². The van der Waals surface area contributed by atoms with Crippen molar-refractivity contribution in [1.82, 2.24) is 0 Å². The number of nitrogens with one attached hydrogen (secondary N) is 1. The van der Waals surface area contributed by atoms with E-state index in [0.29, 0.717) is 12.2 Å². The molecule has 0 aliphatic carbocycles. The predicted molar refractivity (Wildman–Crippen MR) is 62.2 cm³/mol. The normalized spacial score (nSPS) is 19.0. The summed E-state index contributed by atoms with van der Waals surface area (Å²) in [5.74, 6) is 0.787. The lowest BCUT2D eigenvalue weighted by Gasteiger charge is -2.28. The van der Waals surface area contributed by atoms with Crippen LogP contribution in [-0.2, 0) is 11.3 Å². The second-order valence-corrected chi connectivity index (χ2v) is 4.31. The maximum absolute atomic E-state index is 11.7. The van der Waals surface area contributed by atoms with E-state index in [1.165, 1.54) is 0 Å². The van der Waals surface area contributed by atoms with E-state index in [0.717, 1.165) is 11.3 Å². The third kappa shape index (κ3) is 1.88. The first-order chi connectivity index (χ1) is 7.61. The first-order valence-corrected chi connectivity index (χ1v) is 5.42. The highest BCUT2D eigenvalue weighted by Crippen LogP contribution is 2.32. The second kappa shape index (κ2) is 4.14. The minimum absolute atomic E-state index is 0.0864. The molecule has 1 unspecified atom stereocenters. The van der Waals surface area contributed by atoms with Crippen LogP contribution in [0.5, 0.6) is 5.75 Å². The van der Waals surface area contributed by atoms with E-state index in [-0.39, 0.29) is 11.8 Å². The molecule has 1 heterocycles. The molecular formula is C12H16N2O2. The average molecular weight is 220 g/mol. The van der Waals surface area contributed by atoms with Gasteiger partial charge in [0.1, 0.15) is 5.75 Å². The van der Waals surface area contributed by atoms with Crippen LogP contribution in [0.25, 0.3) is 0 Å². The number of ether oxygens (including phenoxy) is 1. The minimum atomic E-state index is -0.406. The summed E-state index contributed by atoms with van der Waals surface area (Å²) in [6.45, 7) is 4.38. The number of carbonyl (C=O) groups is 1. The quantitative estimate of drug-likeness (QED) is 0.793. The van der Waals surface area contributed by atoms with Gasteiger partial charge in [0.25, 0.3) is 5.91 Å². The van der Waals surface area contributed by atoms with E-state index < -0.39 is 6.10 Å². The number of rotatable bonds is 2. The molecule has 0 spiro atoms. The second-order valence-electron chi connectivity index (χ2n) is 4.31. The summed E-state index contributed by atoms with van der Waals surface area (Å²) in [4.78, 5) is 11.7. The molecule has 2 rings (SSSR count). The number of hydrogen-bond donors (Lipinski definition) is 2. The zero-order valence-corrected chi connectivity index (χ0v) is 9.49. The Balaban J connectivity index is 2.31. The van der Waals surface area contributed by atoms with E-state index in [1.54, 1.807) is 0 Å². The highest BCUT2D eigenvalue weighted by atomic mass is 16.5. The maximum atomic E-state index is 11.7. The highest BCUT2D eigenvalue weighted by Gasteiger charge is 2.29. The highest BCUT2D eigenvalue weighted by molar-refractivity contribution is 5.97. The SMILES string of the molecule is CC(C)C1Oc2ccc(CN)cc2NC1=O. The van der Waals surface area contributed by atoms with Gasteiger partial charge < -0.3 is 15.8 Å². The van der Waals surface area contributed by atoms with Crippen LogP contribution in [0.4, 0.5) is 5.69 Å². The van der Waals surface area contributed by atoms with E-state index >= 15 is 0 Å². The van der Waals surface area contributed by atoms with Gasteiger partial charge in [-0.3, -0.25) is 4.79 Å². The first-order valence-electron chi connectivity index (χ1n) is 5.42. The molecule has 1 amide bonds. The number of nitrogens with two attached hydrogens (primary N) is 1. The molecule has 4 nitrogen and oxygen atoms in total. The molecule has 0 fully saturated rings. The predicted octanol–water partition coefficient (Wildman–Crippen LogP) is 1.50. The lowest BCUT2D eigenvalue weighted by Crippen LogP contribution is -2.40. The summed E-state index contributed by atoms with van der Waals surface area (Å²) in [6.07, 6.45) is -0.406. The Kier molecular flexibility index (Phi) is 2.83. The fourth-order valence-electron chi connectivity index (χ4n) is 1.74. The van der Waals surface area contributed by atoms with Crippen molar-refractivity contribution in [3.05, 3.63) is 23.8 Å². The topological polar surface area (TPSA) is 64.3 Å². The van der Waals surface area contributed by atoms with Gasteiger partial charge >= 0.3 is 0 Å². The number of fused-ring (bicyclic) bond motifs is 1. The van der Waals surface area contributed by atoms with Gasteiger partial charge in [0, 0.05) is 6.54 Å². The molecule has 1 aromatic carbocycles. The van der Waals surface area contributed by atoms with Crippen LogP contribution in [0.15, 0.2) is 18.2 Å². The molecule has 0 radical (unpaired) electrons. The lowest BCUT2D eigenvalue weighted by molar-refractivity contribution is -0.125. The number of carbonyl (C=O) groups excluding carboxylic acids is 1. The molecular weight excluding hydrogens is 204 g/mol. The summed E-state index contributed by atoms with van der Waals surface area (Å²) in [5.41, 5.74) is 7.23. The van der Waals surface area contributed by atoms with Crippen molar-refractivity contribution in [3.8, 4) is 5.75 Å². The monoisotopic (exact) mass is 220 g/mol. The standard InChI is InChI=1S/C12H16N2O2/c1-7(2)11-12(15)14-9-5-8(6-13)3-4-10(9)16-11/h3-5,7,11H,6,13H2,1-2H3,(H,14,15). The Hall–Kier alpha value is -1.55. The summed E-state index contributed by atoms with van der Waals surface area (Å²) < 4.78 is 5.65. The first kappa shape index (κ1) is 11.0. The van der Waals surface area contributed by atoms with Crippen LogP contribution < -0.4 is 15.8 Å². The molecule has 4 heteroatoms. The van der Waals surface area contributed by atoms with Crippen molar-refractivity contribution in [2.75, 3.05) is 5.32 Å². The van der Waals surface area contributed by atoms with E-state index in [1.807, 2.05) is 32.0 Å². The Bertz CT molecular complexity index is 415. The maximum Gasteiger partial charge on any atom is 0.265 e. The van der Waals surface area contributed by atoms with Gasteiger partial charge in [-0.2, -0.15) is 0 Å². The van der Waals surface area contributed by atoms with Crippen molar-refractivity contribution >= 4 is 11.6 Å². The van der Waals surface area contributed by atoms with Crippen LogP contribution in [0, 0.1) is 5.92 Å². The Morgan fingerprint density at radius 2 is 2.25 bits per heavy atom. The third-order valence-corrected chi connectivity index (χ3v) is 2.66. The largest absolute Gasteiger partial charge is 0.478 e. The fourth-order valence-corrected chi connectivity index (χ4v) is 1.74. The van der Waals surface area contributed by atoms with Crippen LogP contribution >= 0.6 is 0 Å². The van der Waals surface area contributed by atoms with Gasteiger partial charge in [-0.05, 0) is 23.6 Å². The molecule has 1 aliphatic heterocycles. The molecule has 0 aromatic heterocycles. The van der Waals surface area contributed by atoms with E-state index in [9.17, 15) is 4.79 Å². The van der Waals surface area contributed by atoms with Crippen molar-refractivity contribution in [2.45, 2.75) is 26.5 Å². The molecule has 86 valence electrons. The zero-order chi connectivity index (χ0) is 11.7. The van der Waals surface area contributed by atoms with Crippen molar-refractivity contribution in [3.63, 3.8) is 0 Å². The van der Waals surface area contributed by atoms with Crippen molar-refractivity contribution in [2.24, 2.45) is 11.7 Å². The van der Waals surface area contributed by atoms with Gasteiger partial charge in [-0.15, -0.1) is 0 Å². The van der Waals surface area contributed by atoms with Gasteiger partial charge in [0.2, 0.25) is 0 Å². The smallest absolute Gasteiger partial charge is 0.265 e. The average Bonchev–Trinajstić information content (AvgIpc) is 2.27. The summed E-state index contributed by atoms with van der Waals surface area (Å²) in [6, 6.07) is 5.61. The molecule has 3 N–H and O–H groups in total. The Morgan fingerprint density at radius 3 is 2.88 bits per heavy atom. The molecule has 1 atom stereocenters. The van der Waals surface area contributed by atoms with E-state index in [4.69, 9.17) is 10.5 Å².